The number of amides is 1. The maximum atomic E-state index is 12.8. The Kier molecular flexibility index (Phi) is 7.44. The fraction of sp³-hybridized carbons (Fsp3) is 0.938. The standard InChI is InChI=1S/C16H29N3O.2ClH/c1-3-19-8-4-5-13(19)10-18(2)16(20)14-11-6-7-12(9-11)15(14)17;;/h11-15H,3-10,17H2,1-2H3;2*1H. The number of hydrogen-bond acceptors (Lipinski definition) is 3. The molecule has 6 heteroatoms. The lowest BCUT2D eigenvalue weighted by Gasteiger charge is -2.33. The quantitative estimate of drug-likeness (QED) is 0.843. The molecule has 2 saturated carbocycles. The van der Waals surface area contributed by atoms with Crippen LogP contribution in [-0.2, 0) is 4.79 Å². The van der Waals surface area contributed by atoms with Gasteiger partial charge in [0.15, 0.2) is 0 Å². The molecule has 3 aliphatic rings. The van der Waals surface area contributed by atoms with E-state index in [0.29, 0.717) is 23.8 Å². The third-order valence-corrected chi connectivity index (χ3v) is 6.03. The summed E-state index contributed by atoms with van der Waals surface area (Å²) in [6, 6.07) is 0.679. The SMILES string of the molecule is CCN1CCCC1CN(C)C(=O)C1C2CCC(C2)C1N.Cl.Cl. The van der Waals surface area contributed by atoms with Gasteiger partial charge >= 0.3 is 0 Å². The van der Waals surface area contributed by atoms with Gasteiger partial charge in [-0.1, -0.05) is 6.92 Å². The maximum Gasteiger partial charge on any atom is 0.227 e. The smallest absolute Gasteiger partial charge is 0.227 e. The van der Waals surface area contributed by atoms with Crippen LogP contribution < -0.4 is 5.73 Å². The van der Waals surface area contributed by atoms with Crippen molar-refractivity contribution in [2.45, 2.75) is 51.1 Å². The fourth-order valence-corrected chi connectivity index (χ4v) is 4.88. The van der Waals surface area contributed by atoms with E-state index in [1.807, 2.05) is 11.9 Å². The average Bonchev–Trinajstić information content (AvgIpc) is 3.13. The number of halogens is 2. The summed E-state index contributed by atoms with van der Waals surface area (Å²) in [5, 5.41) is 0. The molecule has 1 saturated heterocycles. The minimum Gasteiger partial charge on any atom is -0.344 e. The number of nitrogens with two attached hydrogens (primary N) is 1. The van der Waals surface area contributed by atoms with Gasteiger partial charge in [-0.05, 0) is 57.0 Å². The second-order valence-electron chi connectivity index (χ2n) is 7.08. The van der Waals surface area contributed by atoms with Gasteiger partial charge in [0.25, 0.3) is 0 Å². The lowest BCUT2D eigenvalue weighted by Crippen LogP contribution is -2.49. The van der Waals surface area contributed by atoms with Crippen molar-refractivity contribution in [3.05, 3.63) is 0 Å². The molecule has 0 aromatic heterocycles. The van der Waals surface area contributed by atoms with E-state index in [1.54, 1.807) is 0 Å². The molecule has 5 atom stereocenters. The summed E-state index contributed by atoms with van der Waals surface area (Å²) in [5.41, 5.74) is 6.31. The molecule has 4 nitrogen and oxygen atoms in total. The summed E-state index contributed by atoms with van der Waals surface area (Å²) in [5.74, 6) is 1.60. The van der Waals surface area contributed by atoms with Crippen molar-refractivity contribution >= 4 is 30.7 Å². The highest BCUT2D eigenvalue weighted by atomic mass is 35.5. The van der Waals surface area contributed by atoms with Crippen LogP contribution in [0.4, 0.5) is 0 Å². The van der Waals surface area contributed by atoms with Gasteiger partial charge in [0.2, 0.25) is 5.91 Å². The molecular weight excluding hydrogens is 321 g/mol. The van der Waals surface area contributed by atoms with E-state index in [1.165, 1.54) is 38.6 Å². The first-order valence-corrected chi connectivity index (χ1v) is 8.36. The van der Waals surface area contributed by atoms with Gasteiger partial charge in [0.05, 0.1) is 5.92 Å². The highest BCUT2D eigenvalue weighted by Gasteiger charge is 2.49. The van der Waals surface area contributed by atoms with Crippen LogP contribution in [0, 0.1) is 17.8 Å². The number of fused-ring (bicyclic) bond motifs is 2. The second kappa shape index (κ2) is 8.18. The lowest BCUT2D eigenvalue weighted by atomic mass is 9.84. The van der Waals surface area contributed by atoms with Crippen LogP contribution in [0.1, 0.15) is 39.0 Å². The van der Waals surface area contributed by atoms with Gasteiger partial charge in [0, 0.05) is 25.7 Å². The number of carbonyl (C=O) groups excluding carboxylic acids is 1. The molecule has 130 valence electrons. The number of rotatable bonds is 4. The third kappa shape index (κ3) is 3.55. The molecule has 0 aromatic rings. The first-order valence-electron chi connectivity index (χ1n) is 8.36. The molecule has 1 aliphatic heterocycles. The second-order valence-corrected chi connectivity index (χ2v) is 7.08. The van der Waals surface area contributed by atoms with Crippen molar-refractivity contribution in [2.24, 2.45) is 23.5 Å². The lowest BCUT2D eigenvalue weighted by molar-refractivity contribution is -0.137. The zero-order chi connectivity index (χ0) is 14.3. The van der Waals surface area contributed by atoms with Crippen molar-refractivity contribution in [1.82, 2.24) is 9.80 Å². The zero-order valence-corrected chi connectivity index (χ0v) is 15.4. The van der Waals surface area contributed by atoms with Crippen molar-refractivity contribution in [3.63, 3.8) is 0 Å². The van der Waals surface area contributed by atoms with Crippen LogP contribution in [0.25, 0.3) is 0 Å². The summed E-state index contributed by atoms with van der Waals surface area (Å²) >= 11 is 0. The largest absolute Gasteiger partial charge is 0.344 e. The first-order chi connectivity index (χ1) is 9.61. The van der Waals surface area contributed by atoms with Crippen LogP contribution in [0.5, 0.6) is 0 Å². The van der Waals surface area contributed by atoms with Crippen LogP contribution >= 0.6 is 24.8 Å². The molecule has 2 aliphatic carbocycles. The molecule has 5 unspecified atom stereocenters. The highest BCUT2D eigenvalue weighted by Crippen LogP contribution is 2.48. The fourth-order valence-electron chi connectivity index (χ4n) is 4.88. The normalized spacial score (nSPS) is 36.8. The Bertz CT molecular complexity index is 380. The Labute approximate surface area is 147 Å². The molecule has 1 amide bonds. The van der Waals surface area contributed by atoms with E-state index in [2.05, 4.69) is 11.8 Å². The Morgan fingerprint density at radius 2 is 1.91 bits per heavy atom. The van der Waals surface area contributed by atoms with Gasteiger partial charge in [-0.15, -0.1) is 24.8 Å². The molecule has 0 aromatic carbocycles. The minimum absolute atomic E-state index is 0. The number of carbonyl (C=O) groups is 1. The van der Waals surface area contributed by atoms with Crippen molar-refractivity contribution in [1.29, 1.82) is 0 Å². The Morgan fingerprint density at radius 1 is 1.23 bits per heavy atom. The van der Waals surface area contributed by atoms with Crippen LogP contribution in [0.15, 0.2) is 0 Å². The maximum absolute atomic E-state index is 12.8. The topological polar surface area (TPSA) is 49.6 Å². The van der Waals surface area contributed by atoms with Gasteiger partial charge in [-0.3, -0.25) is 9.69 Å². The van der Waals surface area contributed by atoms with E-state index in [-0.39, 0.29) is 36.8 Å². The van der Waals surface area contributed by atoms with E-state index >= 15 is 0 Å². The third-order valence-electron chi connectivity index (χ3n) is 6.03. The molecular formula is C16H31Cl2N3O. The number of likely N-dealkylation sites (N-methyl/N-ethyl adjacent to an activating group) is 2. The van der Waals surface area contributed by atoms with E-state index in [4.69, 9.17) is 5.73 Å². The van der Waals surface area contributed by atoms with Crippen LogP contribution in [-0.4, -0.2) is 54.5 Å². The summed E-state index contributed by atoms with van der Waals surface area (Å²) in [6.45, 7) is 5.39. The molecule has 2 bridgehead atoms. The van der Waals surface area contributed by atoms with E-state index in [0.717, 1.165) is 13.1 Å². The van der Waals surface area contributed by atoms with E-state index < -0.39 is 0 Å². The Hall–Kier alpha value is -0.0300. The van der Waals surface area contributed by atoms with Gasteiger partial charge < -0.3 is 10.6 Å². The van der Waals surface area contributed by atoms with Gasteiger partial charge in [-0.25, -0.2) is 0 Å². The molecule has 3 rings (SSSR count). The van der Waals surface area contributed by atoms with E-state index in [9.17, 15) is 4.79 Å². The molecule has 0 radical (unpaired) electrons. The predicted molar refractivity (Wildman–Crippen MR) is 94.7 cm³/mol. The number of likely N-dealkylation sites (tertiary alicyclic amines) is 1. The summed E-state index contributed by atoms with van der Waals surface area (Å²) < 4.78 is 0. The van der Waals surface area contributed by atoms with Gasteiger partial charge in [0.1, 0.15) is 0 Å². The monoisotopic (exact) mass is 351 g/mol. The summed E-state index contributed by atoms with van der Waals surface area (Å²) in [7, 11) is 1.98. The number of nitrogens with zero attached hydrogens (tertiary/aromatic N) is 2. The number of hydrogen-bond donors (Lipinski definition) is 1. The predicted octanol–water partition coefficient (Wildman–Crippen LogP) is 2.15. The van der Waals surface area contributed by atoms with Gasteiger partial charge in [-0.2, -0.15) is 0 Å². The molecule has 0 spiro atoms. The Morgan fingerprint density at radius 3 is 2.50 bits per heavy atom. The first kappa shape index (κ1) is 20.0. The van der Waals surface area contributed by atoms with Crippen molar-refractivity contribution in [3.8, 4) is 0 Å². The van der Waals surface area contributed by atoms with Crippen LogP contribution in [0.3, 0.4) is 0 Å². The molecule has 3 fully saturated rings. The highest BCUT2D eigenvalue weighted by molar-refractivity contribution is 5.85. The molecule has 22 heavy (non-hydrogen) atoms. The molecule has 1 heterocycles. The average molecular weight is 352 g/mol. The van der Waals surface area contributed by atoms with Crippen LogP contribution in [0.2, 0.25) is 0 Å². The summed E-state index contributed by atoms with van der Waals surface area (Å²) in [6.07, 6.45) is 6.15. The minimum atomic E-state index is 0. The molecule has 2 N–H and O–H groups in total. The van der Waals surface area contributed by atoms with Crippen molar-refractivity contribution < 1.29 is 4.79 Å². The Balaban J connectivity index is 0.00000121. The summed E-state index contributed by atoms with van der Waals surface area (Å²) in [4.78, 5) is 17.2. The van der Waals surface area contributed by atoms with Crippen molar-refractivity contribution in [2.75, 3.05) is 26.7 Å². The zero-order valence-electron chi connectivity index (χ0n) is 13.7.